The minimum atomic E-state index is -0.305. The Labute approximate surface area is 66.0 Å². The Morgan fingerprint density at radius 1 is 1.62 bits per heavy atom. The van der Waals surface area contributed by atoms with Crippen LogP contribution in [0.3, 0.4) is 0 Å². The minimum Gasteiger partial charge on any atom is -0.316 e. The van der Waals surface area contributed by atoms with E-state index >= 15 is 0 Å². The molecule has 0 heterocycles. The van der Waals surface area contributed by atoms with Gasteiger partial charge in [-0.15, -0.1) is 5.92 Å². The number of hydrogen-bond donors (Lipinski definition) is 1. The summed E-state index contributed by atoms with van der Waals surface area (Å²) < 4.78 is 2.97. The van der Waals surface area contributed by atoms with Crippen LogP contribution < -0.4 is 5.73 Å². The van der Waals surface area contributed by atoms with Crippen LogP contribution in [0, 0.1) is 9.97 Å². The lowest BCUT2D eigenvalue weighted by Crippen LogP contribution is -2.29. The quantitative estimate of drug-likeness (QED) is 0.437. The normalized spacial score (nSPS) is 9.00. The first-order valence-corrected chi connectivity index (χ1v) is 7.02. The van der Waals surface area contributed by atoms with Crippen molar-refractivity contribution < 1.29 is 0 Å². The van der Waals surface area contributed by atoms with E-state index in [1.165, 1.54) is 0 Å². The zero-order valence-corrected chi connectivity index (χ0v) is 8.16. The minimum absolute atomic E-state index is 0.294. The SMILES string of the molecule is CC(C)(N)C#[C][Mg][Br]. The van der Waals surface area contributed by atoms with E-state index in [1.54, 1.807) is 0 Å². The fourth-order valence-electron chi connectivity index (χ4n) is 0.261. The number of rotatable bonds is 0. The van der Waals surface area contributed by atoms with Gasteiger partial charge in [0, 0.05) is 0 Å². The van der Waals surface area contributed by atoms with Gasteiger partial charge in [0.05, 0.1) is 5.54 Å². The van der Waals surface area contributed by atoms with Crippen LogP contribution in [0.15, 0.2) is 0 Å². The maximum absolute atomic E-state index is 5.55. The molecule has 0 saturated heterocycles. The molecular weight excluding hydrogens is 178 g/mol. The highest BCUT2D eigenvalue weighted by Crippen LogP contribution is 1.90. The first-order chi connectivity index (χ1) is 3.56. The van der Waals surface area contributed by atoms with Crippen molar-refractivity contribution in [3.05, 3.63) is 0 Å². The van der Waals surface area contributed by atoms with Gasteiger partial charge in [-0.2, -0.15) is 0 Å². The zero-order chi connectivity index (χ0) is 6.62. The molecule has 3 heteroatoms. The van der Waals surface area contributed by atoms with Crippen LogP contribution in [0.4, 0.5) is 0 Å². The Morgan fingerprint density at radius 2 is 2.12 bits per heavy atom. The summed E-state index contributed by atoms with van der Waals surface area (Å²) in [5.41, 5.74) is 5.24. The lowest BCUT2D eigenvalue weighted by atomic mass is 10.1. The van der Waals surface area contributed by atoms with Gasteiger partial charge in [0.2, 0.25) is 0 Å². The van der Waals surface area contributed by atoms with Crippen LogP contribution in [0.5, 0.6) is 0 Å². The van der Waals surface area contributed by atoms with E-state index in [0.29, 0.717) is 0 Å². The molecule has 8 heavy (non-hydrogen) atoms. The maximum atomic E-state index is 5.55. The highest BCUT2D eigenvalue weighted by molar-refractivity contribution is 9.23. The van der Waals surface area contributed by atoms with Gasteiger partial charge in [-0.05, 0) is 13.8 Å². The Balaban J connectivity index is 3.69. The fraction of sp³-hybridized carbons (Fsp3) is 0.600. The van der Waals surface area contributed by atoms with Crippen LogP contribution >= 0.6 is 12.9 Å². The van der Waals surface area contributed by atoms with E-state index in [2.05, 4.69) is 22.9 Å². The molecule has 0 bridgehead atoms. The van der Waals surface area contributed by atoms with Crippen molar-refractivity contribution in [3.63, 3.8) is 0 Å². The largest absolute Gasteiger partial charge is 0.569 e. The molecule has 0 aromatic rings. The molecule has 0 unspecified atom stereocenters. The van der Waals surface area contributed by atoms with Gasteiger partial charge < -0.3 is 5.73 Å². The van der Waals surface area contributed by atoms with Crippen molar-refractivity contribution in [1.82, 2.24) is 0 Å². The van der Waals surface area contributed by atoms with E-state index in [0.717, 1.165) is 0 Å². The zero-order valence-electron chi connectivity index (χ0n) is 5.16. The van der Waals surface area contributed by atoms with Gasteiger partial charge >= 0.3 is 18.2 Å². The van der Waals surface area contributed by atoms with Crippen LogP contribution in [-0.2, 0) is 0 Å². The predicted octanol–water partition coefficient (Wildman–Crippen LogP) is 0.699. The second-order valence-corrected chi connectivity index (χ2v) is 4.46. The summed E-state index contributed by atoms with van der Waals surface area (Å²) in [7, 11) is 0. The summed E-state index contributed by atoms with van der Waals surface area (Å²) in [6.45, 7) is 3.80. The highest BCUT2D eigenvalue weighted by Gasteiger charge is 2.01. The van der Waals surface area contributed by atoms with E-state index in [4.69, 9.17) is 5.73 Å². The molecule has 0 aromatic heterocycles. The number of hydrogen-bond acceptors (Lipinski definition) is 1. The molecule has 0 aliphatic rings. The molecule has 0 aliphatic carbocycles. The van der Waals surface area contributed by atoms with Crippen LogP contribution in [0.25, 0.3) is 0 Å². The van der Waals surface area contributed by atoms with Gasteiger partial charge in [-0.3, -0.25) is 16.9 Å². The molecule has 0 rings (SSSR count). The van der Waals surface area contributed by atoms with Crippen molar-refractivity contribution in [2.75, 3.05) is 0 Å². The lowest BCUT2D eigenvalue weighted by Gasteiger charge is -2.07. The Bertz CT molecular complexity index is 117. The first kappa shape index (κ1) is 8.77. The van der Waals surface area contributed by atoms with Gasteiger partial charge in [0.15, 0.2) is 0 Å². The molecule has 0 aromatic carbocycles. The van der Waals surface area contributed by atoms with Crippen LogP contribution in [0.1, 0.15) is 13.8 Å². The summed E-state index contributed by atoms with van der Waals surface area (Å²) >= 11 is 3.02. The molecule has 0 radical (unpaired) electrons. The van der Waals surface area contributed by atoms with Gasteiger partial charge in [-0.1, -0.05) is 0 Å². The molecule has 0 atom stereocenters. The third kappa shape index (κ3) is 6.77. The summed E-state index contributed by atoms with van der Waals surface area (Å²) in [5, 5.41) is 0. The second-order valence-electron chi connectivity index (χ2n) is 2.16. The topological polar surface area (TPSA) is 26.0 Å². The smallest absolute Gasteiger partial charge is 0.316 e. The molecule has 1 nitrogen and oxygen atoms in total. The second kappa shape index (κ2) is 3.73. The Hall–Kier alpha value is 0.766. The number of halogens is 1. The van der Waals surface area contributed by atoms with Crippen molar-refractivity contribution in [2.45, 2.75) is 19.4 Å². The maximum Gasteiger partial charge on any atom is 0.569 e. The Morgan fingerprint density at radius 3 is 2.25 bits per heavy atom. The Kier molecular flexibility index (Phi) is 4.08. The molecule has 0 fully saturated rings. The van der Waals surface area contributed by atoms with Crippen molar-refractivity contribution in [1.29, 1.82) is 0 Å². The summed E-state index contributed by atoms with van der Waals surface area (Å²) in [6, 6.07) is 0. The number of nitrogens with two attached hydrogens (primary N) is 1. The van der Waals surface area contributed by atoms with Crippen LogP contribution in [0.2, 0.25) is 0 Å². The molecule has 0 aliphatic heterocycles. The van der Waals surface area contributed by atoms with Gasteiger partial charge in [0.25, 0.3) is 0 Å². The average molecular weight is 186 g/mol. The summed E-state index contributed by atoms with van der Waals surface area (Å²) in [4.78, 5) is 0. The molecule has 0 amide bonds. The van der Waals surface area contributed by atoms with E-state index in [1.807, 2.05) is 13.8 Å². The van der Waals surface area contributed by atoms with E-state index < -0.39 is 0 Å². The predicted molar refractivity (Wildman–Crippen MR) is 40.7 cm³/mol. The van der Waals surface area contributed by atoms with Crippen molar-refractivity contribution >= 4 is 31.1 Å². The summed E-state index contributed by atoms with van der Waals surface area (Å²) in [6.07, 6.45) is 0. The third-order valence-electron chi connectivity index (χ3n) is 0.477. The van der Waals surface area contributed by atoms with E-state index in [-0.39, 0.29) is 23.7 Å². The third-order valence-corrected chi connectivity index (χ3v) is 1.63. The van der Waals surface area contributed by atoms with Crippen LogP contribution in [-0.4, -0.2) is 23.7 Å². The average Bonchev–Trinajstić information content (AvgIpc) is 1.59. The van der Waals surface area contributed by atoms with Gasteiger partial charge in [-0.25, -0.2) is 0 Å². The van der Waals surface area contributed by atoms with Crippen molar-refractivity contribution in [3.8, 4) is 9.97 Å². The lowest BCUT2D eigenvalue weighted by molar-refractivity contribution is 0.681. The first-order valence-electron chi connectivity index (χ1n) is 2.41. The molecule has 0 spiro atoms. The summed E-state index contributed by atoms with van der Waals surface area (Å²) in [5.74, 6) is 2.91. The molecular formula is C5H8BrMgN. The molecule has 42 valence electrons. The fourth-order valence-corrected chi connectivity index (χ4v) is 1.20. The monoisotopic (exact) mass is 185 g/mol. The highest BCUT2D eigenvalue weighted by atomic mass is 79.9. The van der Waals surface area contributed by atoms with E-state index in [9.17, 15) is 0 Å². The molecule has 2 N–H and O–H groups in total. The van der Waals surface area contributed by atoms with Gasteiger partial charge in [0.1, 0.15) is 0 Å². The molecule has 0 saturated carbocycles. The van der Waals surface area contributed by atoms with Crippen molar-refractivity contribution in [2.24, 2.45) is 5.73 Å². The standard InChI is InChI=1S/C5H8N.BrH.Mg/c1-4-5(2,3)6;;/h6H2,2-3H3;1H;/q;;+1/p-1.